The molecule has 3 aliphatic rings. The summed E-state index contributed by atoms with van der Waals surface area (Å²) < 4.78 is 25.2. The molecule has 3 heterocycles. The minimum absolute atomic E-state index is 0.0661. The average Bonchev–Trinajstić information content (AvgIpc) is 3.28. The summed E-state index contributed by atoms with van der Waals surface area (Å²) in [6.45, 7) is 3.53. The Kier molecular flexibility index (Phi) is 5.50. The first kappa shape index (κ1) is 18.9. The van der Waals surface area contributed by atoms with Crippen molar-refractivity contribution in [2.75, 3.05) is 37.7 Å². The quantitative estimate of drug-likeness (QED) is 0.749. The third kappa shape index (κ3) is 4.51. The summed E-state index contributed by atoms with van der Waals surface area (Å²) in [6.07, 6.45) is 8.88. The molecule has 0 spiro atoms. The van der Waals surface area contributed by atoms with Crippen LogP contribution in [0.2, 0.25) is 0 Å². The highest BCUT2D eigenvalue weighted by atomic mass is 32.2. The van der Waals surface area contributed by atoms with Crippen molar-refractivity contribution in [3.05, 3.63) is 11.9 Å². The maximum absolute atomic E-state index is 12.7. The lowest BCUT2D eigenvalue weighted by Crippen LogP contribution is -2.52. The number of sulfone groups is 1. The third-order valence-corrected chi connectivity index (χ3v) is 8.00. The summed E-state index contributed by atoms with van der Waals surface area (Å²) in [5.41, 5.74) is 0.419. The van der Waals surface area contributed by atoms with E-state index in [0.29, 0.717) is 36.9 Å². The number of hydrogen-bond acceptors (Lipinski definition) is 6. The average molecular weight is 396 g/mol. The smallest absolute Gasteiger partial charge is 0.276 e. The van der Waals surface area contributed by atoms with E-state index < -0.39 is 9.84 Å². The van der Waals surface area contributed by atoms with Crippen molar-refractivity contribution in [3.8, 4) is 0 Å². The van der Waals surface area contributed by atoms with Crippen LogP contribution < -0.4 is 0 Å². The Bertz CT molecular complexity index is 764. The second-order valence-electron chi connectivity index (χ2n) is 8.21. The van der Waals surface area contributed by atoms with Gasteiger partial charge in [-0.15, -0.1) is 5.10 Å². The van der Waals surface area contributed by atoms with Crippen molar-refractivity contribution in [2.24, 2.45) is 5.92 Å². The molecule has 1 aromatic heterocycles. The molecule has 1 aliphatic carbocycles. The summed E-state index contributed by atoms with van der Waals surface area (Å²) in [5, 5.41) is 8.26. The summed E-state index contributed by atoms with van der Waals surface area (Å²) in [5.74, 6) is 1.13. The van der Waals surface area contributed by atoms with Gasteiger partial charge in [0.25, 0.3) is 5.91 Å². The highest BCUT2D eigenvalue weighted by molar-refractivity contribution is 7.91. The highest BCUT2D eigenvalue weighted by Gasteiger charge is 2.34. The first-order valence-corrected chi connectivity index (χ1v) is 12.0. The first-order chi connectivity index (χ1) is 13.0. The molecule has 0 N–H and O–H groups in total. The monoisotopic (exact) mass is 395 g/mol. The Hall–Kier alpha value is -1.48. The highest BCUT2D eigenvalue weighted by Crippen LogP contribution is 2.25. The van der Waals surface area contributed by atoms with Crippen LogP contribution >= 0.6 is 0 Å². The Balaban J connectivity index is 1.29. The molecular formula is C18H29N5O3S. The van der Waals surface area contributed by atoms with Gasteiger partial charge in [0.15, 0.2) is 15.5 Å². The van der Waals surface area contributed by atoms with Crippen molar-refractivity contribution in [2.45, 2.75) is 51.1 Å². The van der Waals surface area contributed by atoms with E-state index in [1.54, 1.807) is 6.20 Å². The van der Waals surface area contributed by atoms with Gasteiger partial charge in [-0.2, -0.15) is 0 Å². The molecule has 150 valence electrons. The van der Waals surface area contributed by atoms with Gasteiger partial charge in [0, 0.05) is 38.8 Å². The fourth-order valence-corrected chi connectivity index (χ4v) is 6.40. The van der Waals surface area contributed by atoms with Gasteiger partial charge in [-0.25, -0.2) is 8.42 Å². The lowest BCUT2D eigenvalue weighted by molar-refractivity contribution is 0.0582. The zero-order valence-corrected chi connectivity index (χ0v) is 16.6. The molecule has 0 unspecified atom stereocenters. The van der Waals surface area contributed by atoms with Crippen LogP contribution in [0.25, 0.3) is 0 Å². The molecule has 27 heavy (non-hydrogen) atoms. The third-order valence-electron chi connectivity index (χ3n) is 6.25. The molecule has 2 aliphatic heterocycles. The van der Waals surface area contributed by atoms with Gasteiger partial charge in [-0.1, -0.05) is 24.5 Å². The van der Waals surface area contributed by atoms with E-state index in [4.69, 9.17) is 0 Å². The van der Waals surface area contributed by atoms with Crippen LogP contribution in [0.1, 0.15) is 49.0 Å². The van der Waals surface area contributed by atoms with Crippen molar-refractivity contribution in [3.63, 3.8) is 0 Å². The first-order valence-electron chi connectivity index (χ1n) is 10.1. The lowest BCUT2D eigenvalue weighted by Gasteiger charge is -2.37. The van der Waals surface area contributed by atoms with Gasteiger partial charge in [0.05, 0.1) is 17.7 Å². The Morgan fingerprint density at radius 3 is 2.48 bits per heavy atom. The molecule has 2 saturated heterocycles. The van der Waals surface area contributed by atoms with Gasteiger partial charge in [-0.05, 0) is 25.2 Å². The van der Waals surface area contributed by atoms with Gasteiger partial charge >= 0.3 is 0 Å². The van der Waals surface area contributed by atoms with Crippen LogP contribution in [0.3, 0.4) is 0 Å². The Morgan fingerprint density at radius 2 is 1.81 bits per heavy atom. The van der Waals surface area contributed by atoms with E-state index in [1.165, 1.54) is 32.1 Å². The SMILES string of the molecule is O=C(c1cn(CC2CCCCC2)nn1)N1CCN([C@@H]2CCS(=O)(=O)C2)CC1. The summed E-state index contributed by atoms with van der Waals surface area (Å²) in [6, 6.07) is 0.114. The fourth-order valence-electron chi connectivity index (χ4n) is 4.64. The number of rotatable bonds is 4. The number of hydrogen-bond donors (Lipinski definition) is 0. The topological polar surface area (TPSA) is 88.4 Å². The van der Waals surface area contributed by atoms with Gasteiger partial charge in [0.2, 0.25) is 0 Å². The van der Waals surface area contributed by atoms with Crippen LogP contribution in [-0.2, 0) is 16.4 Å². The zero-order chi connectivity index (χ0) is 18.9. The number of carbonyl (C=O) groups excluding carboxylic acids is 1. The minimum atomic E-state index is -2.87. The number of aromatic nitrogens is 3. The van der Waals surface area contributed by atoms with E-state index in [0.717, 1.165) is 19.6 Å². The molecule has 8 nitrogen and oxygen atoms in total. The largest absolute Gasteiger partial charge is 0.335 e. The Labute approximate surface area is 160 Å². The summed E-state index contributed by atoms with van der Waals surface area (Å²) in [4.78, 5) is 16.8. The fraction of sp³-hybridized carbons (Fsp3) is 0.833. The summed E-state index contributed by atoms with van der Waals surface area (Å²) in [7, 11) is -2.87. The second-order valence-corrected chi connectivity index (χ2v) is 10.4. The molecule has 1 saturated carbocycles. The minimum Gasteiger partial charge on any atom is -0.335 e. The molecule has 0 aromatic carbocycles. The molecule has 0 radical (unpaired) electrons. The lowest BCUT2D eigenvalue weighted by atomic mass is 9.89. The predicted octanol–water partition coefficient (Wildman–Crippen LogP) is 0.803. The molecule has 9 heteroatoms. The molecule has 4 rings (SSSR count). The molecule has 1 amide bonds. The normalized spacial score (nSPS) is 27.1. The van der Waals surface area contributed by atoms with Crippen molar-refractivity contribution in [1.82, 2.24) is 24.8 Å². The molecular weight excluding hydrogens is 366 g/mol. The van der Waals surface area contributed by atoms with Gasteiger partial charge in [-0.3, -0.25) is 14.4 Å². The summed E-state index contributed by atoms with van der Waals surface area (Å²) >= 11 is 0. The maximum Gasteiger partial charge on any atom is 0.276 e. The van der Waals surface area contributed by atoms with E-state index in [-0.39, 0.29) is 17.7 Å². The van der Waals surface area contributed by atoms with Crippen LogP contribution in [0.4, 0.5) is 0 Å². The molecule has 0 bridgehead atoms. The number of amides is 1. The van der Waals surface area contributed by atoms with Crippen molar-refractivity contribution >= 4 is 15.7 Å². The van der Waals surface area contributed by atoms with Crippen LogP contribution in [0.5, 0.6) is 0 Å². The number of piperazine rings is 1. The van der Waals surface area contributed by atoms with Crippen LogP contribution in [0, 0.1) is 5.92 Å². The van der Waals surface area contributed by atoms with Crippen molar-refractivity contribution in [1.29, 1.82) is 0 Å². The van der Waals surface area contributed by atoms with E-state index in [2.05, 4.69) is 15.2 Å². The van der Waals surface area contributed by atoms with Gasteiger partial charge < -0.3 is 4.90 Å². The second kappa shape index (κ2) is 7.87. The molecule has 1 aromatic rings. The zero-order valence-electron chi connectivity index (χ0n) is 15.8. The van der Waals surface area contributed by atoms with Crippen molar-refractivity contribution < 1.29 is 13.2 Å². The van der Waals surface area contributed by atoms with E-state index >= 15 is 0 Å². The van der Waals surface area contributed by atoms with Gasteiger partial charge in [0.1, 0.15) is 0 Å². The number of nitrogens with zero attached hydrogens (tertiary/aromatic N) is 5. The van der Waals surface area contributed by atoms with E-state index in [1.807, 2.05) is 9.58 Å². The standard InChI is InChI=1S/C18H29N5O3S/c24-18(17-13-23(20-19-17)12-15-4-2-1-3-5-15)22-9-7-21(8-10-22)16-6-11-27(25,26)14-16/h13,15-16H,1-12,14H2/t16-/m1/s1. The van der Waals surface area contributed by atoms with E-state index in [9.17, 15) is 13.2 Å². The predicted molar refractivity (Wildman–Crippen MR) is 101 cm³/mol. The maximum atomic E-state index is 12.7. The molecule has 3 fully saturated rings. The Morgan fingerprint density at radius 1 is 1.07 bits per heavy atom. The molecule has 1 atom stereocenters. The van der Waals surface area contributed by atoms with Crippen LogP contribution in [0.15, 0.2) is 6.20 Å². The number of carbonyl (C=O) groups is 1. The van der Waals surface area contributed by atoms with Crippen LogP contribution in [-0.4, -0.2) is 82.8 Å².